The Morgan fingerprint density at radius 1 is 1.16 bits per heavy atom. The quantitative estimate of drug-likeness (QED) is 0.534. The Bertz CT molecular complexity index is 899. The summed E-state index contributed by atoms with van der Waals surface area (Å²) in [5.41, 5.74) is 1.90. The second-order valence-electron chi connectivity index (χ2n) is 4.96. The molecule has 0 radical (unpaired) electrons. The zero-order valence-corrected chi connectivity index (χ0v) is 13.4. The second-order valence-corrected chi connectivity index (χ2v) is 5.90. The normalized spacial score (nSPS) is 11.8. The molecule has 0 spiro atoms. The van der Waals surface area contributed by atoms with Gasteiger partial charge in [0.05, 0.1) is 16.7 Å². The first-order valence-corrected chi connectivity index (χ1v) is 7.96. The Morgan fingerprint density at radius 2 is 2.00 bits per heavy atom. The van der Waals surface area contributed by atoms with Crippen LogP contribution in [0.1, 0.15) is 21.0 Å². The molecule has 0 saturated carbocycles. The summed E-state index contributed by atoms with van der Waals surface area (Å²) in [6.07, 6.45) is -3.14. The van der Waals surface area contributed by atoms with E-state index in [9.17, 15) is 18.0 Å². The zero-order chi connectivity index (χ0) is 17.9. The SMILES string of the molecule is O=C(N/N=C/c1ccc(-c2cccc(C(F)(F)F)c2)o1)c1cccs1. The van der Waals surface area contributed by atoms with Gasteiger partial charge in [0.1, 0.15) is 11.5 Å². The fraction of sp³-hybridized carbons (Fsp3) is 0.0588. The summed E-state index contributed by atoms with van der Waals surface area (Å²) < 4.78 is 43.7. The summed E-state index contributed by atoms with van der Waals surface area (Å²) in [6.45, 7) is 0. The van der Waals surface area contributed by atoms with Gasteiger partial charge in [0.2, 0.25) is 0 Å². The first kappa shape index (κ1) is 17.0. The lowest BCUT2D eigenvalue weighted by Gasteiger charge is -2.07. The second kappa shape index (κ2) is 6.94. The maximum absolute atomic E-state index is 12.8. The van der Waals surface area contributed by atoms with Crippen molar-refractivity contribution in [1.82, 2.24) is 5.43 Å². The zero-order valence-electron chi connectivity index (χ0n) is 12.6. The molecule has 8 heteroatoms. The number of amides is 1. The molecule has 1 amide bonds. The minimum Gasteiger partial charge on any atom is -0.455 e. The number of thiophene rings is 1. The summed E-state index contributed by atoms with van der Waals surface area (Å²) in [5, 5.41) is 5.54. The molecule has 2 aromatic heterocycles. The lowest BCUT2D eigenvalue weighted by molar-refractivity contribution is -0.137. The first-order chi connectivity index (χ1) is 11.9. The van der Waals surface area contributed by atoms with Crippen LogP contribution < -0.4 is 5.43 Å². The molecule has 0 aliphatic heterocycles. The Kier molecular flexibility index (Phi) is 4.71. The third-order valence-corrected chi connectivity index (χ3v) is 4.07. The smallest absolute Gasteiger partial charge is 0.416 e. The maximum Gasteiger partial charge on any atom is 0.416 e. The lowest BCUT2D eigenvalue weighted by atomic mass is 10.1. The van der Waals surface area contributed by atoms with Gasteiger partial charge in [-0.1, -0.05) is 18.2 Å². The van der Waals surface area contributed by atoms with E-state index in [4.69, 9.17) is 4.42 Å². The number of carbonyl (C=O) groups excluding carboxylic acids is 1. The Hall–Kier alpha value is -2.87. The molecule has 0 saturated heterocycles. The van der Waals surface area contributed by atoms with Gasteiger partial charge in [0.25, 0.3) is 5.91 Å². The van der Waals surface area contributed by atoms with E-state index in [1.54, 1.807) is 23.6 Å². The maximum atomic E-state index is 12.8. The molecule has 3 rings (SSSR count). The van der Waals surface area contributed by atoms with Gasteiger partial charge in [-0.3, -0.25) is 4.79 Å². The van der Waals surface area contributed by atoms with Crippen LogP contribution in [0.2, 0.25) is 0 Å². The number of rotatable bonds is 4. The van der Waals surface area contributed by atoms with Crippen LogP contribution in [-0.4, -0.2) is 12.1 Å². The summed E-state index contributed by atoms with van der Waals surface area (Å²) in [6, 6.07) is 11.3. The molecule has 25 heavy (non-hydrogen) atoms. The summed E-state index contributed by atoms with van der Waals surface area (Å²) in [4.78, 5) is 12.2. The Balaban J connectivity index is 1.70. The molecular formula is C17H11F3N2O2S. The molecular weight excluding hydrogens is 353 g/mol. The minimum atomic E-state index is -4.42. The molecule has 0 bridgehead atoms. The number of benzene rings is 1. The molecule has 0 atom stereocenters. The van der Waals surface area contributed by atoms with Crippen molar-refractivity contribution < 1.29 is 22.4 Å². The number of alkyl halides is 3. The van der Waals surface area contributed by atoms with E-state index in [0.29, 0.717) is 16.2 Å². The third-order valence-electron chi connectivity index (χ3n) is 3.20. The van der Waals surface area contributed by atoms with E-state index in [1.165, 1.54) is 35.8 Å². The summed E-state index contributed by atoms with van der Waals surface area (Å²) >= 11 is 1.28. The van der Waals surface area contributed by atoms with Gasteiger partial charge in [-0.15, -0.1) is 11.3 Å². The number of nitrogens with one attached hydrogen (secondary N) is 1. The van der Waals surface area contributed by atoms with Crippen molar-refractivity contribution in [2.75, 3.05) is 0 Å². The van der Waals surface area contributed by atoms with Crippen LogP contribution in [0.5, 0.6) is 0 Å². The highest BCUT2D eigenvalue weighted by Gasteiger charge is 2.30. The van der Waals surface area contributed by atoms with E-state index < -0.39 is 11.7 Å². The van der Waals surface area contributed by atoms with Gasteiger partial charge in [-0.25, -0.2) is 5.43 Å². The Morgan fingerprint density at radius 3 is 2.72 bits per heavy atom. The van der Waals surface area contributed by atoms with E-state index in [1.807, 2.05) is 0 Å². The molecule has 4 nitrogen and oxygen atoms in total. The number of nitrogens with zero attached hydrogens (tertiary/aromatic N) is 1. The van der Waals surface area contributed by atoms with Crippen LogP contribution in [0.4, 0.5) is 13.2 Å². The number of halogens is 3. The lowest BCUT2D eigenvalue weighted by Crippen LogP contribution is -2.15. The highest BCUT2D eigenvalue weighted by atomic mass is 32.1. The van der Waals surface area contributed by atoms with Crippen LogP contribution in [0, 0.1) is 0 Å². The molecule has 1 aromatic carbocycles. The highest BCUT2D eigenvalue weighted by Crippen LogP contribution is 2.32. The molecule has 0 aliphatic carbocycles. The summed E-state index contributed by atoms with van der Waals surface area (Å²) in [7, 11) is 0. The molecule has 3 aromatic rings. The van der Waals surface area contributed by atoms with Crippen LogP contribution in [0.15, 0.2) is 63.4 Å². The molecule has 0 unspecified atom stereocenters. The third kappa shape index (κ3) is 4.16. The number of furan rings is 1. The summed E-state index contributed by atoms with van der Waals surface area (Å²) in [5.74, 6) is 0.229. The van der Waals surface area contributed by atoms with Crippen LogP contribution in [0.3, 0.4) is 0 Å². The van der Waals surface area contributed by atoms with Crippen molar-refractivity contribution in [3.05, 3.63) is 70.1 Å². The van der Waals surface area contributed by atoms with Gasteiger partial charge in [0, 0.05) is 5.56 Å². The van der Waals surface area contributed by atoms with Crippen molar-refractivity contribution in [3.8, 4) is 11.3 Å². The average molecular weight is 364 g/mol. The first-order valence-electron chi connectivity index (χ1n) is 7.08. The van der Waals surface area contributed by atoms with Crippen LogP contribution in [0.25, 0.3) is 11.3 Å². The molecule has 0 aliphatic rings. The molecule has 2 heterocycles. The number of hydrogen-bond acceptors (Lipinski definition) is 4. The van der Waals surface area contributed by atoms with Crippen molar-refractivity contribution in [3.63, 3.8) is 0 Å². The average Bonchev–Trinajstić information content (AvgIpc) is 3.26. The molecule has 128 valence electrons. The van der Waals surface area contributed by atoms with Crippen molar-refractivity contribution >= 4 is 23.5 Å². The van der Waals surface area contributed by atoms with Gasteiger partial charge < -0.3 is 4.42 Å². The predicted molar refractivity (Wildman–Crippen MR) is 88.5 cm³/mol. The van der Waals surface area contributed by atoms with Gasteiger partial charge in [-0.2, -0.15) is 18.3 Å². The number of hydrazone groups is 1. The van der Waals surface area contributed by atoms with Crippen molar-refractivity contribution in [2.24, 2.45) is 5.10 Å². The van der Waals surface area contributed by atoms with Crippen LogP contribution >= 0.6 is 11.3 Å². The van der Waals surface area contributed by atoms with Crippen LogP contribution in [-0.2, 0) is 6.18 Å². The fourth-order valence-electron chi connectivity index (χ4n) is 2.04. The minimum absolute atomic E-state index is 0.275. The van der Waals surface area contributed by atoms with Gasteiger partial charge >= 0.3 is 6.18 Å². The molecule has 0 fully saturated rings. The highest BCUT2D eigenvalue weighted by molar-refractivity contribution is 7.12. The topological polar surface area (TPSA) is 54.6 Å². The van der Waals surface area contributed by atoms with Gasteiger partial charge in [0.15, 0.2) is 0 Å². The molecule has 1 N–H and O–H groups in total. The Labute approximate surface area is 144 Å². The van der Waals surface area contributed by atoms with Gasteiger partial charge in [-0.05, 0) is 35.7 Å². The monoisotopic (exact) mass is 364 g/mol. The fourth-order valence-corrected chi connectivity index (χ4v) is 2.66. The van der Waals surface area contributed by atoms with E-state index in [2.05, 4.69) is 10.5 Å². The predicted octanol–water partition coefficient (Wildman–Crippen LogP) is 4.79. The van der Waals surface area contributed by atoms with E-state index >= 15 is 0 Å². The van der Waals surface area contributed by atoms with E-state index in [0.717, 1.165) is 12.1 Å². The number of carbonyl (C=O) groups is 1. The van der Waals surface area contributed by atoms with Crippen molar-refractivity contribution in [2.45, 2.75) is 6.18 Å². The number of hydrogen-bond donors (Lipinski definition) is 1. The standard InChI is InChI=1S/C17H11F3N2O2S/c18-17(19,20)12-4-1-3-11(9-12)14-7-6-13(24-14)10-21-22-16(23)15-5-2-8-25-15/h1-10H,(H,22,23)/b21-10+. The largest absolute Gasteiger partial charge is 0.455 e. The van der Waals surface area contributed by atoms with E-state index in [-0.39, 0.29) is 11.7 Å². The van der Waals surface area contributed by atoms with Crippen molar-refractivity contribution in [1.29, 1.82) is 0 Å².